The van der Waals surface area contributed by atoms with Crippen molar-refractivity contribution in [1.82, 2.24) is 0 Å². The summed E-state index contributed by atoms with van der Waals surface area (Å²) in [7, 11) is 0. The molecule has 1 rings (SSSR count). The lowest BCUT2D eigenvalue weighted by atomic mass is 9.98. The summed E-state index contributed by atoms with van der Waals surface area (Å²) in [4.78, 5) is 11.0. The quantitative estimate of drug-likeness (QED) is 0.561. The van der Waals surface area contributed by atoms with Crippen LogP contribution in [-0.4, -0.2) is 5.97 Å². The molecule has 0 aliphatic heterocycles. The smallest absolute Gasteiger partial charge is 0.330 e. The van der Waals surface area contributed by atoms with E-state index in [1.165, 1.54) is 17.2 Å². The molecule has 0 bridgehead atoms. The van der Waals surface area contributed by atoms with E-state index in [-0.39, 0.29) is 5.97 Å². The van der Waals surface area contributed by atoms with Crippen molar-refractivity contribution in [3.8, 4) is 0 Å². The molecule has 0 aromatic heterocycles. The van der Waals surface area contributed by atoms with Gasteiger partial charge < -0.3 is 4.74 Å². The van der Waals surface area contributed by atoms with Gasteiger partial charge in [-0.3, -0.25) is 0 Å². The Morgan fingerprint density at radius 1 is 1.31 bits per heavy atom. The summed E-state index contributed by atoms with van der Waals surface area (Å²) in [6.45, 7) is 7.96. The lowest BCUT2D eigenvalue weighted by Gasteiger charge is -2.12. The highest BCUT2D eigenvalue weighted by Crippen LogP contribution is 2.17. The highest BCUT2D eigenvalue weighted by molar-refractivity contribution is 5.81. The molecule has 2 heteroatoms. The Hall–Kier alpha value is -1.57. The molecule has 1 aromatic carbocycles. The second-order valence-corrected chi connectivity index (χ2v) is 3.57. The molecule has 2 nitrogen and oxygen atoms in total. The molecule has 0 aliphatic carbocycles. The van der Waals surface area contributed by atoms with Gasteiger partial charge in [-0.15, -0.1) is 0 Å². The molecular weight excluding hydrogens is 200 g/mol. The number of aryl methyl sites for hydroxylation is 1. The summed E-state index contributed by atoms with van der Waals surface area (Å²) < 4.78 is 5.06. The second-order valence-electron chi connectivity index (χ2n) is 3.57. The molecule has 0 saturated heterocycles. The third kappa shape index (κ3) is 2.96. The zero-order valence-corrected chi connectivity index (χ0v) is 9.95. The van der Waals surface area contributed by atoms with Crippen LogP contribution in [0.3, 0.4) is 0 Å². The van der Waals surface area contributed by atoms with Crippen LogP contribution in [0.2, 0.25) is 0 Å². The summed E-state index contributed by atoms with van der Waals surface area (Å²) in [5, 5.41) is 0. The lowest BCUT2D eigenvalue weighted by Crippen LogP contribution is -2.04. The Morgan fingerprint density at radius 3 is 2.56 bits per heavy atom. The maximum absolute atomic E-state index is 11.0. The first-order valence-corrected chi connectivity index (χ1v) is 5.61. The van der Waals surface area contributed by atoms with Crippen LogP contribution in [-0.2, 0) is 29.0 Å². The predicted octanol–water partition coefficient (Wildman–Crippen LogP) is 3.04. The fraction of sp³-hybridized carbons (Fsp3) is 0.357. The number of rotatable bonds is 5. The standard InChI is InChI=1S/C14H18O2/c1-4-11-8-7-9-12(13(11)5-2)10-16-14(15)6-3/h6-9H,3-5,10H2,1-2H3. The molecule has 0 N–H and O–H groups in total. The van der Waals surface area contributed by atoms with Crippen molar-refractivity contribution < 1.29 is 9.53 Å². The normalized spacial score (nSPS) is 9.88. The summed E-state index contributed by atoms with van der Waals surface area (Å²) >= 11 is 0. The number of esters is 1. The van der Waals surface area contributed by atoms with Gasteiger partial charge in [0.05, 0.1) is 0 Å². The summed E-state index contributed by atoms with van der Waals surface area (Å²) in [5.74, 6) is -0.371. The van der Waals surface area contributed by atoms with Crippen molar-refractivity contribution in [1.29, 1.82) is 0 Å². The second kappa shape index (κ2) is 6.11. The van der Waals surface area contributed by atoms with E-state index in [1.807, 2.05) is 12.1 Å². The number of benzene rings is 1. The van der Waals surface area contributed by atoms with Gasteiger partial charge in [-0.2, -0.15) is 0 Å². The Morgan fingerprint density at radius 2 is 2.00 bits per heavy atom. The van der Waals surface area contributed by atoms with Crippen LogP contribution < -0.4 is 0 Å². The molecule has 0 spiro atoms. The van der Waals surface area contributed by atoms with E-state index < -0.39 is 0 Å². The average molecular weight is 218 g/mol. The van der Waals surface area contributed by atoms with Crippen molar-refractivity contribution in [3.63, 3.8) is 0 Å². The minimum absolute atomic E-state index is 0.335. The molecule has 0 heterocycles. The number of hydrogen-bond donors (Lipinski definition) is 0. The number of carbonyl (C=O) groups is 1. The van der Waals surface area contributed by atoms with Gasteiger partial charge >= 0.3 is 5.97 Å². The molecule has 0 fully saturated rings. The molecular formula is C14H18O2. The Balaban J connectivity index is 2.86. The highest BCUT2D eigenvalue weighted by atomic mass is 16.5. The molecule has 16 heavy (non-hydrogen) atoms. The van der Waals surface area contributed by atoms with Gasteiger partial charge in [-0.05, 0) is 29.5 Å². The van der Waals surface area contributed by atoms with Gasteiger partial charge in [0.25, 0.3) is 0 Å². The Bertz CT molecular complexity index is 380. The maximum Gasteiger partial charge on any atom is 0.330 e. The van der Waals surface area contributed by atoms with E-state index in [4.69, 9.17) is 4.74 Å². The van der Waals surface area contributed by atoms with E-state index >= 15 is 0 Å². The first-order valence-electron chi connectivity index (χ1n) is 5.61. The monoisotopic (exact) mass is 218 g/mol. The van der Waals surface area contributed by atoms with Crippen molar-refractivity contribution in [2.45, 2.75) is 33.3 Å². The van der Waals surface area contributed by atoms with Gasteiger partial charge in [-0.1, -0.05) is 38.6 Å². The summed E-state index contributed by atoms with van der Waals surface area (Å²) in [5.41, 5.74) is 3.72. The Kier molecular flexibility index (Phi) is 4.77. The fourth-order valence-corrected chi connectivity index (χ4v) is 1.82. The maximum atomic E-state index is 11.0. The first kappa shape index (κ1) is 12.5. The summed E-state index contributed by atoms with van der Waals surface area (Å²) in [6.07, 6.45) is 3.16. The topological polar surface area (TPSA) is 26.3 Å². The van der Waals surface area contributed by atoms with Gasteiger partial charge in [0.15, 0.2) is 0 Å². The van der Waals surface area contributed by atoms with E-state index in [0.717, 1.165) is 18.4 Å². The fourth-order valence-electron chi connectivity index (χ4n) is 1.82. The van der Waals surface area contributed by atoms with Crippen molar-refractivity contribution >= 4 is 5.97 Å². The van der Waals surface area contributed by atoms with E-state index in [1.54, 1.807) is 0 Å². The molecule has 0 unspecified atom stereocenters. The van der Waals surface area contributed by atoms with Crippen LogP contribution in [0.1, 0.15) is 30.5 Å². The number of ether oxygens (including phenoxy) is 1. The van der Waals surface area contributed by atoms with Crippen molar-refractivity contribution in [2.75, 3.05) is 0 Å². The molecule has 0 saturated carbocycles. The molecule has 0 aliphatic rings. The van der Waals surface area contributed by atoms with Gasteiger partial charge in [0.1, 0.15) is 6.61 Å². The zero-order valence-electron chi connectivity index (χ0n) is 9.95. The third-order valence-corrected chi connectivity index (χ3v) is 2.64. The lowest BCUT2D eigenvalue weighted by molar-refractivity contribution is -0.138. The average Bonchev–Trinajstić information content (AvgIpc) is 2.34. The Labute approximate surface area is 96.9 Å². The number of carbonyl (C=O) groups excluding carboxylic acids is 1. The van der Waals surface area contributed by atoms with Crippen LogP contribution in [0.4, 0.5) is 0 Å². The van der Waals surface area contributed by atoms with Crippen molar-refractivity contribution in [3.05, 3.63) is 47.5 Å². The largest absolute Gasteiger partial charge is 0.458 e. The van der Waals surface area contributed by atoms with Crippen LogP contribution in [0.25, 0.3) is 0 Å². The minimum Gasteiger partial charge on any atom is -0.458 e. The zero-order chi connectivity index (χ0) is 12.0. The molecule has 86 valence electrons. The van der Waals surface area contributed by atoms with Crippen LogP contribution in [0.15, 0.2) is 30.9 Å². The van der Waals surface area contributed by atoms with E-state index in [2.05, 4.69) is 26.5 Å². The van der Waals surface area contributed by atoms with Gasteiger partial charge in [0.2, 0.25) is 0 Å². The van der Waals surface area contributed by atoms with Gasteiger partial charge in [-0.25, -0.2) is 4.79 Å². The summed E-state index contributed by atoms with van der Waals surface area (Å²) in [6, 6.07) is 6.14. The first-order chi connectivity index (χ1) is 7.72. The van der Waals surface area contributed by atoms with E-state index in [0.29, 0.717) is 6.61 Å². The third-order valence-electron chi connectivity index (χ3n) is 2.64. The molecule has 1 aromatic rings. The number of hydrogen-bond acceptors (Lipinski definition) is 2. The minimum atomic E-state index is -0.371. The van der Waals surface area contributed by atoms with Crippen LogP contribution >= 0.6 is 0 Å². The molecule has 0 amide bonds. The molecule has 0 radical (unpaired) electrons. The van der Waals surface area contributed by atoms with Crippen molar-refractivity contribution in [2.24, 2.45) is 0 Å². The molecule has 0 atom stereocenters. The van der Waals surface area contributed by atoms with E-state index in [9.17, 15) is 4.79 Å². The van der Waals surface area contributed by atoms with Gasteiger partial charge in [0, 0.05) is 6.08 Å². The SMILES string of the molecule is C=CC(=O)OCc1cccc(CC)c1CC. The highest BCUT2D eigenvalue weighted by Gasteiger charge is 2.06. The van der Waals surface area contributed by atoms with Crippen LogP contribution in [0, 0.1) is 0 Å². The van der Waals surface area contributed by atoms with Crippen LogP contribution in [0.5, 0.6) is 0 Å². The predicted molar refractivity (Wildman–Crippen MR) is 65.2 cm³/mol.